The van der Waals surface area contributed by atoms with E-state index in [0.29, 0.717) is 17.9 Å². The van der Waals surface area contributed by atoms with Gasteiger partial charge < -0.3 is 9.47 Å². The highest BCUT2D eigenvalue weighted by atomic mass is 19.1. The van der Waals surface area contributed by atoms with Crippen LogP contribution in [0.4, 0.5) is 10.1 Å². The largest absolute Gasteiger partial charge is 0.492 e. The predicted molar refractivity (Wildman–Crippen MR) is 125 cm³/mol. The smallest absolute Gasteiger partial charge is 0.241 e. The molecule has 0 unspecified atom stereocenters. The lowest BCUT2D eigenvalue weighted by molar-refractivity contribution is -0.127. The minimum atomic E-state index is -2.19. The fourth-order valence-corrected chi connectivity index (χ4v) is 5.63. The van der Waals surface area contributed by atoms with Gasteiger partial charge in [0.2, 0.25) is 29.0 Å². The number of nitrogens with zero attached hydrogens (tertiary/aromatic N) is 1. The molecule has 6 rings (SSSR count). The lowest BCUT2D eigenvalue weighted by Crippen LogP contribution is -2.51. The van der Waals surface area contributed by atoms with Gasteiger partial charge >= 0.3 is 0 Å². The molecule has 3 atom stereocenters. The highest BCUT2D eigenvalue weighted by molar-refractivity contribution is 6.37. The van der Waals surface area contributed by atoms with Gasteiger partial charge in [-0.1, -0.05) is 48.5 Å². The molecule has 2 aliphatic heterocycles. The maximum absolute atomic E-state index is 14.0. The Bertz CT molecular complexity index is 1410. The molecule has 180 valence electrons. The highest BCUT2D eigenvalue weighted by Gasteiger charge is 2.74. The van der Waals surface area contributed by atoms with Crippen LogP contribution in [-0.4, -0.2) is 35.6 Å². The molecule has 3 aromatic carbocycles. The van der Waals surface area contributed by atoms with Gasteiger partial charge in [0.25, 0.3) is 0 Å². The summed E-state index contributed by atoms with van der Waals surface area (Å²) in [6, 6.07) is 18.1. The number of Topliss-reactive ketones (excluding diaryl/α,β-unsaturated/α-hetero) is 2. The summed E-state index contributed by atoms with van der Waals surface area (Å²) in [5.41, 5.74) is -1.27. The first-order chi connectivity index (χ1) is 17.4. The van der Waals surface area contributed by atoms with Crippen molar-refractivity contribution in [2.75, 3.05) is 11.5 Å². The second-order valence-electron chi connectivity index (χ2n) is 8.95. The van der Waals surface area contributed by atoms with Crippen LogP contribution in [0.3, 0.4) is 0 Å². The summed E-state index contributed by atoms with van der Waals surface area (Å²) in [6.45, 7) is 2.08. The molecule has 0 radical (unpaired) electrons. The van der Waals surface area contributed by atoms with Crippen molar-refractivity contribution in [3.63, 3.8) is 0 Å². The fourth-order valence-electron chi connectivity index (χ4n) is 5.63. The molecule has 36 heavy (non-hydrogen) atoms. The number of ether oxygens (including phenoxy) is 2. The molecule has 8 heteroatoms. The first-order valence-corrected chi connectivity index (χ1v) is 11.6. The van der Waals surface area contributed by atoms with Crippen LogP contribution in [0, 0.1) is 17.7 Å². The molecule has 2 fully saturated rings. The summed E-state index contributed by atoms with van der Waals surface area (Å²) in [5, 5.41) is 0. The fraction of sp³-hybridized carbons (Fsp3) is 0.214. The lowest BCUT2D eigenvalue weighted by atomic mass is 9.77. The number of hydrogen-bond donors (Lipinski definition) is 0. The number of para-hydroxylation sites is 2. The van der Waals surface area contributed by atoms with Crippen molar-refractivity contribution in [3.8, 4) is 5.75 Å². The standard InChI is InChI=1S/C28H20FNO6/c1-2-35-20-10-6-5-9-19(20)30-26(33)21-22(27(30)34)28(36-23(21)15-11-13-16(29)14-12-15)24(31)17-7-3-4-8-18(17)25(28)32/h3-14,21-23H,2H2,1H3/t21-,22+,23+/m1/s1. The Balaban J connectivity index is 1.54. The molecule has 1 aliphatic carbocycles. The zero-order valence-corrected chi connectivity index (χ0v) is 19.1. The van der Waals surface area contributed by atoms with Crippen LogP contribution >= 0.6 is 0 Å². The van der Waals surface area contributed by atoms with Crippen LogP contribution in [0.5, 0.6) is 5.75 Å². The number of hydrogen-bond acceptors (Lipinski definition) is 6. The van der Waals surface area contributed by atoms with Crippen molar-refractivity contribution >= 4 is 29.1 Å². The van der Waals surface area contributed by atoms with E-state index in [9.17, 15) is 23.6 Å². The van der Waals surface area contributed by atoms with E-state index < -0.39 is 52.7 Å². The molecular formula is C28H20FNO6. The van der Waals surface area contributed by atoms with E-state index in [0.717, 1.165) is 4.90 Å². The van der Waals surface area contributed by atoms with Crippen molar-refractivity contribution in [2.45, 2.75) is 18.6 Å². The maximum atomic E-state index is 14.0. The zero-order valence-electron chi connectivity index (χ0n) is 19.1. The molecule has 2 saturated heterocycles. The quantitative estimate of drug-likeness (QED) is 0.411. The van der Waals surface area contributed by atoms with Gasteiger partial charge in [0.15, 0.2) is 0 Å². The normalized spacial score (nSPS) is 23.9. The number of ketones is 2. The van der Waals surface area contributed by atoms with E-state index in [1.165, 1.54) is 36.4 Å². The molecule has 2 amide bonds. The Labute approximate surface area is 205 Å². The number of rotatable bonds is 4. The van der Waals surface area contributed by atoms with E-state index in [-0.39, 0.29) is 16.8 Å². The molecule has 0 N–H and O–H groups in total. The van der Waals surface area contributed by atoms with Crippen molar-refractivity contribution in [2.24, 2.45) is 11.8 Å². The molecule has 3 aliphatic rings. The summed E-state index contributed by atoms with van der Waals surface area (Å²) < 4.78 is 25.5. The number of benzene rings is 3. The van der Waals surface area contributed by atoms with Crippen LogP contribution in [0.25, 0.3) is 0 Å². The maximum Gasteiger partial charge on any atom is 0.241 e. The van der Waals surface area contributed by atoms with Gasteiger partial charge in [-0.3, -0.25) is 19.2 Å². The number of halogens is 1. The topological polar surface area (TPSA) is 90.0 Å². The number of carbonyl (C=O) groups excluding carboxylic acids is 4. The Morgan fingerprint density at radius 2 is 1.47 bits per heavy atom. The van der Waals surface area contributed by atoms with Crippen molar-refractivity contribution in [1.29, 1.82) is 0 Å². The van der Waals surface area contributed by atoms with E-state index in [1.807, 2.05) is 0 Å². The van der Waals surface area contributed by atoms with Gasteiger partial charge in [-0.2, -0.15) is 0 Å². The molecule has 0 bridgehead atoms. The van der Waals surface area contributed by atoms with Gasteiger partial charge in [0.05, 0.1) is 30.2 Å². The third kappa shape index (κ3) is 2.82. The molecule has 0 aromatic heterocycles. The average Bonchev–Trinajstić information content (AvgIpc) is 3.45. The first kappa shape index (κ1) is 22.3. The number of carbonyl (C=O) groups is 4. The van der Waals surface area contributed by atoms with Crippen LogP contribution in [-0.2, 0) is 14.3 Å². The summed E-state index contributed by atoms with van der Waals surface area (Å²) in [5.74, 6) is -5.35. The van der Waals surface area contributed by atoms with Crippen molar-refractivity contribution in [1.82, 2.24) is 0 Å². The summed E-state index contributed by atoms with van der Waals surface area (Å²) in [6.07, 6.45) is -1.11. The number of imide groups is 1. The molecule has 3 aromatic rings. The minimum absolute atomic E-state index is 0.148. The van der Waals surface area contributed by atoms with Crippen molar-refractivity contribution < 1.29 is 33.0 Å². The molecule has 0 saturated carbocycles. The zero-order chi connectivity index (χ0) is 25.2. The number of anilines is 1. The first-order valence-electron chi connectivity index (χ1n) is 11.6. The Hall–Kier alpha value is -4.17. The van der Waals surface area contributed by atoms with Gasteiger partial charge in [-0.15, -0.1) is 0 Å². The predicted octanol–water partition coefficient (Wildman–Crippen LogP) is 3.92. The van der Waals surface area contributed by atoms with E-state index in [1.54, 1.807) is 43.3 Å². The van der Waals surface area contributed by atoms with Gasteiger partial charge in [0, 0.05) is 11.1 Å². The Kier molecular flexibility index (Phi) is 4.91. The van der Waals surface area contributed by atoms with Crippen molar-refractivity contribution in [3.05, 3.63) is 95.3 Å². The van der Waals surface area contributed by atoms with Gasteiger partial charge in [-0.05, 0) is 36.8 Å². The van der Waals surface area contributed by atoms with Gasteiger partial charge in [0.1, 0.15) is 11.6 Å². The molecule has 2 heterocycles. The highest BCUT2D eigenvalue weighted by Crippen LogP contribution is 2.58. The number of fused-ring (bicyclic) bond motifs is 3. The lowest BCUT2D eigenvalue weighted by Gasteiger charge is -2.27. The third-order valence-corrected chi connectivity index (χ3v) is 7.12. The Morgan fingerprint density at radius 1 is 0.861 bits per heavy atom. The SMILES string of the molecule is CCOc1ccccc1N1C(=O)[C@@H]2[C@@H](C1=O)C1(O[C@H]2c2ccc(F)cc2)C(=O)c2ccccc2C1=O. The molecule has 7 nitrogen and oxygen atoms in total. The van der Waals surface area contributed by atoms with E-state index >= 15 is 0 Å². The summed E-state index contributed by atoms with van der Waals surface area (Å²) in [7, 11) is 0. The monoisotopic (exact) mass is 485 g/mol. The summed E-state index contributed by atoms with van der Waals surface area (Å²) >= 11 is 0. The Morgan fingerprint density at radius 3 is 2.11 bits per heavy atom. The number of amides is 2. The third-order valence-electron chi connectivity index (χ3n) is 7.12. The van der Waals surface area contributed by atoms with E-state index in [2.05, 4.69) is 0 Å². The van der Waals surface area contributed by atoms with Crippen LogP contribution in [0.2, 0.25) is 0 Å². The molecule has 1 spiro atoms. The van der Waals surface area contributed by atoms with E-state index in [4.69, 9.17) is 9.47 Å². The molecular weight excluding hydrogens is 465 g/mol. The average molecular weight is 485 g/mol. The van der Waals surface area contributed by atoms with Gasteiger partial charge in [-0.25, -0.2) is 9.29 Å². The van der Waals surface area contributed by atoms with Crippen LogP contribution in [0.15, 0.2) is 72.8 Å². The second kappa shape index (κ2) is 7.93. The van der Waals surface area contributed by atoms with Crippen LogP contribution in [0.1, 0.15) is 39.3 Å². The second-order valence-corrected chi connectivity index (χ2v) is 8.95. The summed E-state index contributed by atoms with van der Waals surface area (Å²) in [4.78, 5) is 56.4. The van der Waals surface area contributed by atoms with Crippen LogP contribution < -0.4 is 9.64 Å². The minimum Gasteiger partial charge on any atom is -0.492 e.